The van der Waals surface area contributed by atoms with Gasteiger partial charge >= 0.3 is 5.97 Å². The number of aliphatic imine (C=N–C) groups is 1. The quantitative estimate of drug-likeness (QED) is 0.671. The van der Waals surface area contributed by atoms with Gasteiger partial charge in [-0.3, -0.25) is 14.6 Å². The van der Waals surface area contributed by atoms with E-state index in [0.29, 0.717) is 31.2 Å². The summed E-state index contributed by atoms with van der Waals surface area (Å²) in [5.74, 6) is -0.0283. The first-order valence-electron chi connectivity index (χ1n) is 10.3. The van der Waals surface area contributed by atoms with Crippen molar-refractivity contribution in [3.63, 3.8) is 0 Å². The van der Waals surface area contributed by atoms with Gasteiger partial charge in [0.05, 0.1) is 13.2 Å². The number of carboxylic acid groups (broad SMARTS) is 1. The lowest BCUT2D eigenvalue weighted by Crippen LogP contribution is -2.52. The highest BCUT2D eigenvalue weighted by Crippen LogP contribution is 2.24. The van der Waals surface area contributed by atoms with Gasteiger partial charge in [-0.25, -0.2) is 0 Å². The van der Waals surface area contributed by atoms with Crippen LogP contribution in [0.4, 0.5) is 0 Å². The van der Waals surface area contributed by atoms with Crippen molar-refractivity contribution in [1.29, 1.82) is 0 Å². The number of amides is 1. The molecule has 1 aliphatic carbocycles. The fourth-order valence-electron chi connectivity index (χ4n) is 3.93. The van der Waals surface area contributed by atoms with Crippen molar-refractivity contribution in [3.8, 4) is 0 Å². The lowest BCUT2D eigenvalue weighted by atomic mass is 9.94. The zero-order chi connectivity index (χ0) is 19.8. The summed E-state index contributed by atoms with van der Waals surface area (Å²) in [6.45, 7) is 2.43. The van der Waals surface area contributed by atoms with Crippen LogP contribution >= 0.6 is 0 Å². The topological polar surface area (TPSA) is 85.2 Å². The van der Waals surface area contributed by atoms with Crippen LogP contribution in [-0.4, -0.2) is 65.1 Å². The molecule has 2 aliphatic rings. The third kappa shape index (κ3) is 5.47. The summed E-state index contributed by atoms with van der Waals surface area (Å²) in [6.07, 6.45) is 6.34. The number of aliphatic carboxylic acids is 1. The normalized spacial score (nSPS) is 16.9. The number of rotatable bonds is 8. The molecule has 0 atom stereocenters. The van der Waals surface area contributed by atoms with E-state index in [0.717, 1.165) is 31.9 Å². The van der Waals surface area contributed by atoms with Crippen molar-refractivity contribution in [2.45, 2.75) is 51.0 Å². The molecule has 1 aliphatic heterocycles. The molecule has 1 saturated carbocycles. The zero-order valence-corrected chi connectivity index (χ0v) is 16.3. The van der Waals surface area contributed by atoms with Crippen LogP contribution in [0.15, 0.2) is 35.3 Å². The maximum Gasteiger partial charge on any atom is 0.303 e. The minimum Gasteiger partial charge on any atom is -0.481 e. The molecule has 0 unspecified atom stereocenters. The molecular weight excluding hydrogens is 356 g/mol. The molecule has 0 aromatic heterocycles. The third-order valence-electron chi connectivity index (χ3n) is 5.39. The van der Waals surface area contributed by atoms with E-state index in [9.17, 15) is 9.59 Å². The number of benzene rings is 1. The molecule has 1 aromatic rings. The second kappa shape index (κ2) is 10.1. The minimum absolute atomic E-state index is 0.0567. The molecule has 0 radical (unpaired) electrons. The average molecular weight is 386 g/mol. The Hall–Kier alpha value is -2.57. The lowest BCUT2D eigenvalue weighted by Gasteiger charge is -2.39. The molecular formula is C21H30N4O3. The van der Waals surface area contributed by atoms with Crippen LogP contribution < -0.4 is 5.32 Å². The van der Waals surface area contributed by atoms with Gasteiger partial charge in [-0.2, -0.15) is 0 Å². The molecule has 7 nitrogen and oxygen atoms in total. The minimum atomic E-state index is -0.835. The van der Waals surface area contributed by atoms with Crippen LogP contribution in [0.5, 0.6) is 0 Å². The van der Waals surface area contributed by atoms with Crippen molar-refractivity contribution in [2.75, 3.05) is 26.3 Å². The van der Waals surface area contributed by atoms with Gasteiger partial charge in [0.15, 0.2) is 5.96 Å². The van der Waals surface area contributed by atoms with E-state index >= 15 is 0 Å². The summed E-state index contributed by atoms with van der Waals surface area (Å²) in [5.41, 5.74) is 0.628. The molecule has 152 valence electrons. The predicted molar refractivity (Wildman–Crippen MR) is 108 cm³/mol. The van der Waals surface area contributed by atoms with Crippen LogP contribution in [0.2, 0.25) is 0 Å². The van der Waals surface area contributed by atoms with E-state index in [-0.39, 0.29) is 12.3 Å². The summed E-state index contributed by atoms with van der Waals surface area (Å²) in [4.78, 5) is 32.7. The Morgan fingerprint density at radius 1 is 1.14 bits per heavy atom. The van der Waals surface area contributed by atoms with Gasteiger partial charge in [0.2, 0.25) is 0 Å². The van der Waals surface area contributed by atoms with Crippen LogP contribution in [0, 0.1) is 0 Å². The number of guanidine groups is 1. The second-order valence-electron chi connectivity index (χ2n) is 7.47. The number of carboxylic acids is 1. The van der Waals surface area contributed by atoms with E-state index < -0.39 is 5.97 Å². The zero-order valence-electron chi connectivity index (χ0n) is 16.3. The number of hydrogen-bond acceptors (Lipinski definition) is 5. The smallest absolute Gasteiger partial charge is 0.303 e. The van der Waals surface area contributed by atoms with Gasteiger partial charge in [0.1, 0.15) is 0 Å². The maximum absolute atomic E-state index is 13.1. The van der Waals surface area contributed by atoms with Crippen molar-refractivity contribution in [1.82, 2.24) is 15.1 Å². The Balaban J connectivity index is 1.77. The Morgan fingerprint density at radius 2 is 1.89 bits per heavy atom. The summed E-state index contributed by atoms with van der Waals surface area (Å²) in [5, 5.41) is 12.4. The molecule has 28 heavy (non-hydrogen) atoms. The van der Waals surface area contributed by atoms with Crippen LogP contribution in [0.25, 0.3) is 0 Å². The summed E-state index contributed by atoms with van der Waals surface area (Å²) < 4.78 is 0. The summed E-state index contributed by atoms with van der Waals surface area (Å²) in [7, 11) is 0. The number of nitrogens with one attached hydrogen (secondary N) is 1. The molecule has 3 rings (SSSR count). The van der Waals surface area contributed by atoms with Crippen molar-refractivity contribution in [3.05, 3.63) is 35.9 Å². The number of hydrogen-bond donors (Lipinski definition) is 2. The fourth-order valence-corrected chi connectivity index (χ4v) is 3.93. The van der Waals surface area contributed by atoms with Gasteiger partial charge in [-0.1, -0.05) is 37.5 Å². The van der Waals surface area contributed by atoms with E-state index in [1.807, 2.05) is 30.3 Å². The van der Waals surface area contributed by atoms with Crippen LogP contribution in [0.3, 0.4) is 0 Å². The van der Waals surface area contributed by atoms with Crippen molar-refractivity contribution in [2.24, 2.45) is 4.99 Å². The molecule has 1 aromatic carbocycles. The SMILES string of the molecule is O=C(O)CCCN(CN(C1=NCCN1)C1CCCCC1)C(=O)c1ccccc1. The molecule has 0 bridgehead atoms. The highest BCUT2D eigenvalue weighted by atomic mass is 16.4. The standard InChI is InChI=1S/C21H30N4O3/c26-19(27)12-7-15-24(20(28)17-8-3-1-4-9-17)16-25(21-22-13-14-23-21)18-10-5-2-6-11-18/h1,3-4,8-9,18H,2,5-7,10-16H2,(H,22,23)(H,26,27). The Bertz CT molecular complexity index is 686. The number of carbonyl (C=O) groups excluding carboxylic acids is 1. The van der Waals surface area contributed by atoms with E-state index in [4.69, 9.17) is 5.11 Å². The van der Waals surface area contributed by atoms with Gasteiger partial charge in [-0.05, 0) is 31.4 Å². The van der Waals surface area contributed by atoms with E-state index in [1.54, 1.807) is 4.90 Å². The van der Waals surface area contributed by atoms with Crippen molar-refractivity contribution >= 4 is 17.8 Å². The average Bonchev–Trinajstić information content (AvgIpc) is 3.25. The number of carbonyl (C=O) groups is 2. The monoisotopic (exact) mass is 386 g/mol. The first-order valence-corrected chi connectivity index (χ1v) is 10.3. The molecule has 7 heteroatoms. The highest BCUT2D eigenvalue weighted by Gasteiger charge is 2.29. The van der Waals surface area contributed by atoms with Gasteiger partial charge in [0, 0.05) is 31.1 Å². The molecule has 1 fully saturated rings. The molecule has 1 heterocycles. The summed E-state index contributed by atoms with van der Waals surface area (Å²) >= 11 is 0. The third-order valence-corrected chi connectivity index (χ3v) is 5.39. The molecule has 1 amide bonds. The van der Waals surface area contributed by atoms with Gasteiger partial charge in [0.25, 0.3) is 5.91 Å². The lowest BCUT2D eigenvalue weighted by molar-refractivity contribution is -0.137. The predicted octanol–water partition coefficient (Wildman–Crippen LogP) is 2.54. The van der Waals surface area contributed by atoms with Crippen LogP contribution in [0.1, 0.15) is 55.3 Å². The highest BCUT2D eigenvalue weighted by molar-refractivity contribution is 5.94. The Morgan fingerprint density at radius 3 is 2.54 bits per heavy atom. The van der Waals surface area contributed by atoms with E-state index in [1.165, 1.54) is 19.3 Å². The fraction of sp³-hybridized carbons (Fsp3) is 0.571. The van der Waals surface area contributed by atoms with Crippen LogP contribution in [-0.2, 0) is 4.79 Å². The first-order chi connectivity index (χ1) is 13.6. The second-order valence-corrected chi connectivity index (χ2v) is 7.47. The number of nitrogens with zero attached hydrogens (tertiary/aromatic N) is 3. The molecule has 0 saturated heterocycles. The maximum atomic E-state index is 13.1. The van der Waals surface area contributed by atoms with Gasteiger partial charge < -0.3 is 20.2 Å². The van der Waals surface area contributed by atoms with Crippen molar-refractivity contribution < 1.29 is 14.7 Å². The Labute approximate surface area is 166 Å². The Kier molecular flexibility index (Phi) is 7.28. The summed E-state index contributed by atoms with van der Waals surface area (Å²) in [6, 6.07) is 9.57. The molecule has 0 spiro atoms. The van der Waals surface area contributed by atoms with Gasteiger partial charge in [-0.15, -0.1) is 0 Å². The van der Waals surface area contributed by atoms with E-state index in [2.05, 4.69) is 15.2 Å². The molecule has 2 N–H and O–H groups in total. The largest absolute Gasteiger partial charge is 0.481 e. The first kappa shape index (κ1) is 20.2.